The van der Waals surface area contributed by atoms with Gasteiger partial charge in [0.15, 0.2) is 0 Å². The van der Waals surface area contributed by atoms with Crippen LogP contribution in [0.2, 0.25) is 0 Å². The van der Waals surface area contributed by atoms with Gasteiger partial charge in [-0.3, -0.25) is 4.79 Å². The number of hydrogen-bond donors (Lipinski definition) is 2. The van der Waals surface area contributed by atoms with E-state index in [-0.39, 0.29) is 18.4 Å². The van der Waals surface area contributed by atoms with E-state index in [1.807, 2.05) is 82.3 Å². The lowest BCUT2D eigenvalue weighted by molar-refractivity contribution is -0.121. The van der Waals surface area contributed by atoms with Gasteiger partial charge in [-0.15, -0.1) is 0 Å². The van der Waals surface area contributed by atoms with Gasteiger partial charge in [0.1, 0.15) is 5.60 Å². The van der Waals surface area contributed by atoms with Crippen molar-refractivity contribution >= 4 is 17.7 Å². The SMILES string of the molecule is CC(C)(C)OC(=O)NC[C@@H](c1ccccc1)[C@@]1(C)C(=O)Nc2ccccc21. The zero-order valence-corrected chi connectivity index (χ0v) is 16.2. The van der Waals surface area contributed by atoms with Crippen LogP contribution in [0, 0.1) is 0 Å². The number of carbonyl (C=O) groups excluding carboxylic acids is 2. The predicted molar refractivity (Wildman–Crippen MR) is 106 cm³/mol. The lowest BCUT2D eigenvalue weighted by atomic mass is 9.69. The Hall–Kier alpha value is -2.82. The molecule has 0 saturated carbocycles. The second kappa shape index (κ2) is 7.06. The van der Waals surface area contributed by atoms with Crippen molar-refractivity contribution in [2.75, 3.05) is 11.9 Å². The maximum Gasteiger partial charge on any atom is 0.407 e. The van der Waals surface area contributed by atoms with Gasteiger partial charge in [-0.25, -0.2) is 4.79 Å². The van der Waals surface area contributed by atoms with Gasteiger partial charge in [0.05, 0.1) is 5.41 Å². The molecule has 0 aliphatic carbocycles. The largest absolute Gasteiger partial charge is 0.444 e. The number of ether oxygens (including phenoxy) is 1. The van der Waals surface area contributed by atoms with E-state index in [0.29, 0.717) is 0 Å². The van der Waals surface area contributed by atoms with E-state index in [1.165, 1.54) is 0 Å². The molecule has 3 rings (SSSR count). The first-order chi connectivity index (χ1) is 12.7. The first-order valence-corrected chi connectivity index (χ1v) is 9.14. The van der Waals surface area contributed by atoms with Crippen LogP contribution in [0.4, 0.5) is 10.5 Å². The number of para-hydroxylation sites is 1. The number of amides is 2. The summed E-state index contributed by atoms with van der Waals surface area (Å²) < 4.78 is 5.37. The number of benzene rings is 2. The number of fused-ring (bicyclic) bond motifs is 1. The highest BCUT2D eigenvalue weighted by atomic mass is 16.6. The summed E-state index contributed by atoms with van der Waals surface area (Å²) in [6.07, 6.45) is -0.487. The molecule has 1 aliphatic rings. The molecular weight excluding hydrogens is 340 g/mol. The molecule has 0 aromatic heterocycles. The van der Waals surface area contributed by atoms with E-state index in [4.69, 9.17) is 4.74 Å². The number of anilines is 1. The van der Waals surface area contributed by atoms with Crippen molar-refractivity contribution in [2.45, 2.75) is 44.6 Å². The number of alkyl carbamates (subject to hydrolysis) is 1. The Morgan fingerprint density at radius 3 is 2.41 bits per heavy atom. The minimum atomic E-state index is -0.799. The van der Waals surface area contributed by atoms with Crippen molar-refractivity contribution in [3.05, 3.63) is 65.7 Å². The van der Waals surface area contributed by atoms with Gasteiger partial charge in [0, 0.05) is 18.2 Å². The molecule has 2 amide bonds. The summed E-state index contributed by atoms with van der Waals surface area (Å²) >= 11 is 0. The Labute approximate surface area is 160 Å². The van der Waals surface area contributed by atoms with Gasteiger partial charge in [0.2, 0.25) is 5.91 Å². The van der Waals surface area contributed by atoms with Crippen LogP contribution in [0.15, 0.2) is 54.6 Å². The molecule has 2 aromatic rings. The Kier molecular flexibility index (Phi) is 4.96. The van der Waals surface area contributed by atoms with Gasteiger partial charge in [0.25, 0.3) is 0 Å². The third-order valence-corrected chi connectivity index (χ3v) is 4.95. The third kappa shape index (κ3) is 3.82. The van der Waals surface area contributed by atoms with Gasteiger partial charge in [-0.05, 0) is 44.9 Å². The Morgan fingerprint density at radius 2 is 1.74 bits per heavy atom. The molecule has 1 heterocycles. The molecule has 142 valence electrons. The second-order valence-corrected chi connectivity index (χ2v) is 8.05. The first kappa shape index (κ1) is 19.0. The van der Waals surface area contributed by atoms with Gasteiger partial charge in [-0.2, -0.15) is 0 Å². The van der Waals surface area contributed by atoms with E-state index in [9.17, 15) is 9.59 Å². The fourth-order valence-corrected chi connectivity index (χ4v) is 3.61. The zero-order valence-electron chi connectivity index (χ0n) is 16.2. The summed E-state index contributed by atoms with van der Waals surface area (Å²) in [5, 5.41) is 5.83. The van der Waals surface area contributed by atoms with Crippen LogP contribution in [-0.4, -0.2) is 24.1 Å². The molecule has 0 unspecified atom stereocenters. The first-order valence-electron chi connectivity index (χ1n) is 9.14. The summed E-state index contributed by atoms with van der Waals surface area (Å²) in [7, 11) is 0. The second-order valence-electron chi connectivity index (χ2n) is 8.05. The average molecular weight is 366 g/mol. The smallest absolute Gasteiger partial charge is 0.407 e. The number of carbonyl (C=O) groups is 2. The molecule has 0 spiro atoms. The predicted octanol–water partition coefficient (Wildman–Crippen LogP) is 4.20. The van der Waals surface area contributed by atoms with Gasteiger partial charge in [-0.1, -0.05) is 48.5 Å². The summed E-state index contributed by atoms with van der Waals surface area (Å²) in [6, 6.07) is 17.5. The monoisotopic (exact) mass is 366 g/mol. The van der Waals surface area contributed by atoms with E-state index >= 15 is 0 Å². The average Bonchev–Trinajstić information content (AvgIpc) is 2.86. The van der Waals surface area contributed by atoms with Crippen LogP contribution in [0.5, 0.6) is 0 Å². The zero-order chi connectivity index (χ0) is 19.7. The number of rotatable bonds is 4. The molecule has 0 fully saturated rings. The van der Waals surface area contributed by atoms with Crippen molar-refractivity contribution in [3.63, 3.8) is 0 Å². The maximum absolute atomic E-state index is 13.0. The fraction of sp³-hybridized carbons (Fsp3) is 0.364. The summed E-state index contributed by atoms with van der Waals surface area (Å²) in [5.74, 6) is -0.307. The van der Waals surface area contributed by atoms with Crippen molar-refractivity contribution in [1.29, 1.82) is 0 Å². The molecule has 0 bridgehead atoms. The minimum absolute atomic E-state index is 0.0662. The van der Waals surface area contributed by atoms with Crippen molar-refractivity contribution in [2.24, 2.45) is 0 Å². The normalized spacial score (nSPS) is 19.8. The molecule has 1 aliphatic heterocycles. The molecule has 2 N–H and O–H groups in total. The van der Waals surface area contributed by atoms with Crippen molar-refractivity contribution in [3.8, 4) is 0 Å². The summed E-state index contributed by atoms with van der Waals surface area (Å²) in [6.45, 7) is 7.69. The number of hydrogen-bond acceptors (Lipinski definition) is 3. The lowest BCUT2D eigenvalue weighted by Crippen LogP contribution is -2.44. The molecule has 5 heteroatoms. The molecule has 0 radical (unpaired) electrons. The quantitative estimate of drug-likeness (QED) is 0.852. The number of nitrogens with one attached hydrogen (secondary N) is 2. The van der Waals surface area contributed by atoms with Crippen LogP contribution in [-0.2, 0) is 14.9 Å². The lowest BCUT2D eigenvalue weighted by Gasteiger charge is -2.33. The highest BCUT2D eigenvalue weighted by molar-refractivity contribution is 6.06. The van der Waals surface area contributed by atoms with Crippen LogP contribution >= 0.6 is 0 Å². The van der Waals surface area contributed by atoms with E-state index in [1.54, 1.807) is 0 Å². The molecule has 27 heavy (non-hydrogen) atoms. The fourth-order valence-electron chi connectivity index (χ4n) is 3.61. The van der Waals surface area contributed by atoms with Crippen LogP contribution in [0.25, 0.3) is 0 Å². The topological polar surface area (TPSA) is 67.4 Å². The standard InChI is InChI=1S/C22H26N2O3/c1-21(2,3)27-20(26)23-14-17(15-10-6-5-7-11-15)22(4)16-12-8-9-13-18(16)24-19(22)25/h5-13,17H,14H2,1-4H3,(H,23,26)(H,24,25)/t17-,22-/m0/s1. The summed E-state index contributed by atoms with van der Waals surface area (Å²) in [5.41, 5.74) is 1.38. The van der Waals surface area contributed by atoms with E-state index in [2.05, 4.69) is 10.6 Å². The van der Waals surface area contributed by atoms with E-state index in [0.717, 1.165) is 16.8 Å². The highest BCUT2D eigenvalue weighted by Gasteiger charge is 2.49. The third-order valence-electron chi connectivity index (χ3n) is 4.95. The minimum Gasteiger partial charge on any atom is -0.444 e. The molecule has 2 atom stereocenters. The van der Waals surface area contributed by atoms with Crippen LogP contribution < -0.4 is 10.6 Å². The van der Waals surface area contributed by atoms with Gasteiger partial charge < -0.3 is 15.4 Å². The molecule has 2 aromatic carbocycles. The Balaban J connectivity index is 1.94. The Morgan fingerprint density at radius 1 is 1.11 bits per heavy atom. The van der Waals surface area contributed by atoms with Gasteiger partial charge >= 0.3 is 6.09 Å². The van der Waals surface area contributed by atoms with E-state index < -0.39 is 17.1 Å². The highest BCUT2D eigenvalue weighted by Crippen LogP contribution is 2.46. The molecule has 5 nitrogen and oxygen atoms in total. The molecular formula is C22H26N2O3. The maximum atomic E-state index is 13.0. The summed E-state index contributed by atoms with van der Waals surface area (Å²) in [4.78, 5) is 25.2. The van der Waals surface area contributed by atoms with Crippen LogP contribution in [0.3, 0.4) is 0 Å². The Bertz CT molecular complexity index is 842. The van der Waals surface area contributed by atoms with Crippen LogP contribution in [0.1, 0.15) is 44.7 Å². The molecule has 0 saturated heterocycles. The van der Waals surface area contributed by atoms with Crippen molar-refractivity contribution in [1.82, 2.24) is 5.32 Å². The van der Waals surface area contributed by atoms with Crippen molar-refractivity contribution < 1.29 is 14.3 Å².